The fraction of sp³-hybridized carbons (Fsp3) is 0.667. The van der Waals surface area contributed by atoms with Gasteiger partial charge in [-0.25, -0.2) is 0 Å². The maximum absolute atomic E-state index is 9.76. The third kappa shape index (κ3) is 32.0. The molecule has 5 N–H and O–H groups in total. The van der Waals surface area contributed by atoms with Gasteiger partial charge in [-0.3, -0.25) is 13.9 Å². The Balaban J connectivity index is -0.0000000347. The molecule has 0 aromatic rings. The summed E-state index contributed by atoms with van der Waals surface area (Å²) in [5.74, 6) is -0.815. The minimum Gasteiger partial charge on any atom is -1.00 e. The monoisotopic (exact) mass is 263 g/mol. The van der Waals surface area contributed by atoms with Gasteiger partial charge in [-0.05, 0) is 0 Å². The molecule has 0 radical (unpaired) electrons. The Bertz CT molecular complexity index is 151. The molecule has 0 saturated carbocycles. The van der Waals surface area contributed by atoms with Crippen molar-refractivity contribution in [2.75, 3.05) is 5.75 Å². The Kier molecular flexibility index (Phi) is 28.5. The van der Waals surface area contributed by atoms with Gasteiger partial charge in [-0.2, -0.15) is 16.8 Å². The number of thiol groups is 1. The van der Waals surface area contributed by atoms with Crippen molar-refractivity contribution >= 4 is 42.4 Å². The van der Waals surface area contributed by atoms with E-state index in [1.54, 1.807) is 0 Å². The zero-order valence-corrected chi connectivity index (χ0v) is 11.3. The van der Waals surface area contributed by atoms with E-state index >= 15 is 0 Å². The molecule has 0 amide bonds. The van der Waals surface area contributed by atoms with E-state index in [0.29, 0.717) is 0 Å². The van der Waals surface area contributed by atoms with Gasteiger partial charge in [0, 0.05) is 5.75 Å². The topological polar surface area (TPSA) is 121 Å². The predicted molar refractivity (Wildman–Crippen MR) is 51.2 cm³/mol. The Hall–Kier alpha value is 1.14. The van der Waals surface area contributed by atoms with E-state index in [2.05, 4.69) is 12.6 Å². The van der Waals surface area contributed by atoms with Crippen LogP contribution in [0.25, 0.3) is 0 Å². The molecule has 1 atom stereocenters. The van der Waals surface area contributed by atoms with E-state index in [1.807, 2.05) is 0 Å². The van der Waals surface area contributed by atoms with Gasteiger partial charge >= 0.3 is 35.5 Å². The molecule has 0 fully saturated rings. The van der Waals surface area contributed by atoms with E-state index in [0.717, 1.165) is 0 Å². The molecule has 6 nitrogen and oxygen atoms in total. The maximum atomic E-state index is 9.76. The summed E-state index contributed by atoms with van der Waals surface area (Å²) in [6.45, 7) is 0. The fourth-order valence-electron chi connectivity index (χ4n) is 0.0781. The minimum atomic E-state index is -2.61. The van der Waals surface area contributed by atoms with E-state index in [-0.39, 0.29) is 49.1 Å². The third-order valence-electron chi connectivity index (χ3n) is 0.514. The van der Waals surface area contributed by atoms with Crippen LogP contribution in [0, 0.1) is 0 Å². The zero-order chi connectivity index (χ0) is 9.44. The van der Waals surface area contributed by atoms with E-state index < -0.39 is 23.4 Å². The first-order chi connectivity index (χ1) is 4.91. The van der Waals surface area contributed by atoms with Crippen LogP contribution in [-0.4, -0.2) is 36.2 Å². The molecule has 0 saturated heterocycles. The summed E-state index contributed by atoms with van der Waals surface area (Å²) in [4.78, 5) is 9.76. The molecular weight excluding hydrogens is 253 g/mol. The number of halogens is 1. The van der Waals surface area contributed by atoms with Gasteiger partial charge in [0.05, 0.1) is 0 Å². The van der Waals surface area contributed by atoms with Crippen LogP contribution in [-0.2, 0) is 16.2 Å². The second-order valence-electron chi connectivity index (χ2n) is 1.36. The third-order valence-corrected chi connectivity index (χ3v) is 0.907. The fourth-order valence-corrected chi connectivity index (χ4v) is 0.234. The molecule has 0 aliphatic rings. The predicted octanol–water partition coefficient (Wildman–Crippen LogP) is -3.45. The van der Waals surface area contributed by atoms with Gasteiger partial charge in [-0.15, -0.1) is 12.4 Å². The van der Waals surface area contributed by atoms with Crippen molar-refractivity contribution in [3.8, 4) is 0 Å². The van der Waals surface area contributed by atoms with Gasteiger partial charge in [-0.1, -0.05) is 0 Å². The maximum Gasteiger partial charge on any atom is 1.00 e. The molecular formula is C3H11ClNNaO5S2. The normalized spacial score (nSPS) is 9.92. The summed E-state index contributed by atoms with van der Waals surface area (Å²) < 4.78 is 22.8. The number of carbonyl (C=O) groups is 1. The van der Waals surface area contributed by atoms with Crippen LogP contribution in [0.2, 0.25) is 0 Å². The van der Waals surface area contributed by atoms with Crippen molar-refractivity contribution < 1.29 is 54.2 Å². The second-order valence-corrected chi connectivity index (χ2v) is 2.18. The molecule has 10 heteroatoms. The minimum absolute atomic E-state index is 0. The average Bonchev–Trinajstić information content (AvgIpc) is 1.85. The van der Waals surface area contributed by atoms with Crippen molar-refractivity contribution in [1.29, 1.82) is 0 Å². The van der Waals surface area contributed by atoms with Crippen LogP contribution in [0.4, 0.5) is 0 Å². The molecule has 0 bridgehead atoms. The van der Waals surface area contributed by atoms with Crippen LogP contribution in [0.3, 0.4) is 0 Å². The van der Waals surface area contributed by atoms with Gasteiger partial charge in [0.2, 0.25) is 0 Å². The van der Waals surface area contributed by atoms with Crippen LogP contribution in [0.15, 0.2) is 0 Å². The van der Waals surface area contributed by atoms with Crippen molar-refractivity contribution in [2.45, 2.75) is 6.04 Å². The van der Waals surface area contributed by atoms with Crippen LogP contribution in [0.5, 0.6) is 0 Å². The molecule has 0 rings (SSSR count). The van der Waals surface area contributed by atoms with Gasteiger partial charge in [0.25, 0.3) is 11.4 Å². The zero-order valence-electron chi connectivity index (χ0n) is 7.78. The molecule has 78 valence electrons. The van der Waals surface area contributed by atoms with Crippen LogP contribution < -0.4 is 35.3 Å². The smallest absolute Gasteiger partial charge is 1.00 e. The molecule has 0 aliphatic heterocycles. The Morgan fingerprint density at radius 2 is 1.85 bits per heavy atom. The van der Waals surface area contributed by atoms with Crippen molar-refractivity contribution in [3.05, 3.63) is 0 Å². The van der Waals surface area contributed by atoms with Gasteiger partial charge in [0.1, 0.15) is 6.04 Å². The summed E-state index contributed by atoms with van der Waals surface area (Å²) in [7, 11) is 0. The molecule has 0 aromatic heterocycles. The van der Waals surface area contributed by atoms with Crippen molar-refractivity contribution in [1.82, 2.24) is 0 Å². The Morgan fingerprint density at radius 3 is 1.85 bits per heavy atom. The molecule has 0 aromatic carbocycles. The van der Waals surface area contributed by atoms with E-state index in [1.165, 1.54) is 0 Å². The van der Waals surface area contributed by atoms with Crippen molar-refractivity contribution in [3.63, 3.8) is 0 Å². The first-order valence-electron chi connectivity index (χ1n) is 2.31. The second kappa shape index (κ2) is 15.6. The number of rotatable bonds is 2. The largest absolute Gasteiger partial charge is 1.00 e. The number of hydrogen-bond acceptors (Lipinski definition) is 4. The van der Waals surface area contributed by atoms with Gasteiger partial charge < -0.3 is 12.3 Å². The van der Waals surface area contributed by atoms with E-state index in [9.17, 15) is 4.79 Å². The van der Waals surface area contributed by atoms with E-state index in [4.69, 9.17) is 24.2 Å². The summed E-state index contributed by atoms with van der Waals surface area (Å²) in [5, 5.41) is 8.01. The first-order valence-corrected chi connectivity index (χ1v) is 4.00. The number of nitrogens with two attached hydrogens (primary N) is 1. The Morgan fingerprint density at radius 1 is 1.62 bits per heavy atom. The number of carboxylic acid groups (broad SMARTS) is 1. The quantitative estimate of drug-likeness (QED) is 0.201. The molecule has 1 unspecified atom stereocenters. The summed E-state index contributed by atoms with van der Waals surface area (Å²) >= 11 is 1.04. The summed E-state index contributed by atoms with van der Waals surface area (Å²) in [6, 6.07) is -0.816. The average molecular weight is 264 g/mol. The molecule has 0 aliphatic carbocycles. The molecule has 13 heavy (non-hydrogen) atoms. The Labute approximate surface area is 113 Å². The first kappa shape index (κ1) is 23.7. The van der Waals surface area contributed by atoms with Crippen molar-refractivity contribution in [2.24, 2.45) is 5.73 Å². The molecule has 0 heterocycles. The number of hydrogen-bond donors (Lipinski definition) is 5. The SMILES string of the molecule is Cl.NC(CS)C(=O)O.O=S(O)O.[H-].[Na+]. The molecule has 0 spiro atoms. The number of carboxylic acids is 1. The number of aliphatic carboxylic acids is 1. The van der Waals surface area contributed by atoms with Crippen LogP contribution >= 0.6 is 25.0 Å². The summed E-state index contributed by atoms with van der Waals surface area (Å²) in [5.41, 5.74) is 4.94. The summed E-state index contributed by atoms with van der Waals surface area (Å²) in [6.07, 6.45) is 0. The van der Waals surface area contributed by atoms with Gasteiger partial charge in [0.15, 0.2) is 0 Å². The van der Waals surface area contributed by atoms with Crippen LogP contribution in [0.1, 0.15) is 1.43 Å². The standard InChI is InChI=1S/C3H7NO2S.ClH.Na.H2O3S.H/c4-2(1-7)3(5)6;;;1-4(2)3;/h2,7H,1,4H2,(H,5,6);1H;;(H2,1,2,3);/q;;+1;;-1.